The van der Waals surface area contributed by atoms with Crippen molar-refractivity contribution in [1.82, 2.24) is 14.9 Å². The first-order chi connectivity index (χ1) is 7.56. The summed E-state index contributed by atoms with van der Waals surface area (Å²) in [4.78, 5) is 0. The summed E-state index contributed by atoms with van der Waals surface area (Å²) in [6.07, 6.45) is 1.90. The highest BCUT2D eigenvalue weighted by molar-refractivity contribution is 7.89. The number of hydrogen-bond acceptors (Lipinski definition) is 5. The second kappa shape index (κ2) is 5.94. The maximum Gasteiger partial charge on any atom is 0.257 e. The SMILES string of the molecule is COCC(N)CCNS(=O)(=O)c1ccn[nH]1. The summed E-state index contributed by atoms with van der Waals surface area (Å²) in [5.41, 5.74) is 5.65. The van der Waals surface area contributed by atoms with Crippen LogP contribution in [0.15, 0.2) is 17.3 Å². The Balaban J connectivity index is 2.38. The summed E-state index contributed by atoms with van der Waals surface area (Å²) < 4.78 is 30.4. The molecule has 0 aliphatic rings. The number of sulfonamides is 1. The molecule has 1 unspecified atom stereocenters. The van der Waals surface area contributed by atoms with Gasteiger partial charge in [-0.2, -0.15) is 5.10 Å². The molecular weight excluding hydrogens is 232 g/mol. The van der Waals surface area contributed by atoms with Crippen LogP contribution in [-0.2, 0) is 14.8 Å². The summed E-state index contributed by atoms with van der Waals surface area (Å²) in [5, 5.41) is 6.01. The third-order valence-electron chi connectivity index (χ3n) is 1.95. The lowest BCUT2D eigenvalue weighted by Crippen LogP contribution is -2.33. The van der Waals surface area contributed by atoms with E-state index >= 15 is 0 Å². The molecule has 0 spiro atoms. The monoisotopic (exact) mass is 248 g/mol. The lowest BCUT2D eigenvalue weighted by molar-refractivity contribution is 0.177. The van der Waals surface area contributed by atoms with Crippen LogP contribution in [0.25, 0.3) is 0 Å². The van der Waals surface area contributed by atoms with Gasteiger partial charge in [0.25, 0.3) is 10.0 Å². The summed E-state index contributed by atoms with van der Waals surface area (Å²) >= 11 is 0. The van der Waals surface area contributed by atoms with E-state index in [-0.39, 0.29) is 17.6 Å². The number of nitrogens with one attached hydrogen (secondary N) is 2. The molecule has 0 aliphatic carbocycles. The summed E-state index contributed by atoms with van der Waals surface area (Å²) in [6.45, 7) is 0.678. The molecule has 0 bridgehead atoms. The van der Waals surface area contributed by atoms with E-state index in [2.05, 4.69) is 14.9 Å². The van der Waals surface area contributed by atoms with Crippen molar-refractivity contribution in [1.29, 1.82) is 0 Å². The van der Waals surface area contributed by atoms with Crippen molar-refractivity contribution in [2.45, 2.75) is 17.5 Å². The highest BCUT2D eigenvalue weighted by Crippen LogP contribution is 2.02. The average Bonchev–Trinajstić information content (AvgIpc) is 2.71. The van der Waals surface area contributed by atoms with Crippen LogP contribution in [0.2, 0.25) is 0 Å². The van der Waals surface area contributed by atoms with Crippen molar-refractivity contribution in [2.24, 2.45) is 5.73 Å². The minimum atomic E-state index is -3.49. The van der Waals surface area contributed by atoms with E-state index in [4.69, 9.17) is 10.5 Å². The quantitative estimate of drug-likeness (QED) is 0.576. The number of nitrogens with two attached hydrogens (primary N) is 1. The van der Waals surface area contributed by atoms with Crippen molar-refractivity contribution in [3.8, 4) is 0 Å². The minimum Gasteiger partial charge on any atom is -0.383 e. The minimum absolute atomic E-state index is 0.0489. The van der Waals surface area contributed by atoms with E-state index < -0.39 is 10.0 Å². The second-order valence-electron chi connectivity index (χ2n) is 3.32. The summed E-state index contributed by atoms with van der Waals surface area (Å²) in [5.74, 6) is 0. The fourth-order valence-corrected chi connectivity index (χ4v) is 2.10. The van der Waals surface area contributed by atoms with E-state index in [1.807, 2.05) is 0 Å². The highest BCUT2D eigenvalue weighted by Gasteiger charge is 2.14. The van der Waals surface area contributed by atoms with Crippen LogP contribution in [0.3, 0.4) is 0 Å². The first-order valence-corrected chi connectivity index (χ1v) is 6.28. The van der Waals surface area contributed by atoms with Crippen molar-refractivity contribution in [3.63, 3.8) is 0 Å². The van der Waals surface area contributed by atoms with E-state index in [0.29, 0.717) is 13.0 Å². The first kappa shape index (κ1) is 13.1. The van der Waals surface area contributed by atoms with Gasteiger partial charge < -0.3 is 10.5 Å². The first-order valence-electron chi connectivity index (χ1n) is 4.80. The molecule has 1 aromatic rings. The van der Waals surface area contributed by atoms with Crippen molar-refractivity contribution < 1.29 is 13.2 Å². The number of rotatable bonds is 7. The maximum atomic E-state index is 11.6. The molecule has 0 saturated carbocycles. The molecule has 0 aromatic carbocycles. The van der Waals surface area contributed by atoms with Gasteiger partial charge in [-0.15, -0.1) is 0 Å². The van der Waals surface area contributed by atoms with Crippen molar-refractivity contribution >= 4 is 10.0 Å². The summed E-state index contributed by atoms with van der Waals surface area (Å²) in [6, 6.07) is 1.21. The van der Waals surface area contributed by atoms with Crippen LogP contribution in [0.1, 0.15) is 6.42 Å². The molecule has 1 heterocycles. The molecule has 0 amide bonds. The summed E-state index contributed by atoms with van der Waals surface area (Å²) in [7, 11) is -1.94. The van der Waals surface area contributed by atoms with Gasteiger partial charge in [0.1, 0.15) is 0 Å². The topological polar surface area (TPSA) is 110 Å². The standard InChI is InChI=1S/C8H16N4O3S/c1-15-6-7(9)2-5-11-16(13,14)8-3-4-10-12-8/h3-4,7,11H,2,5-6,9H2,1H3,(H,10,12). The second-order valence-corrected chi connectivity index (χ2v) is 5.06. The smallest absolute Gasteiger partial charge is 0.257 e. The van der Waals surface area contributed by atoms with E-state index in [1.54, 1.807) is 7.11 Å². The van der Waals surface area contributed by atoms with Gasteiger partial charge in [-0.1, -0.05) is 0 Å². The number of nitrogens with zero attached hydrogens (tertiary/aromatic N) is 1. The molecule has 0 fully saturated rings. The Kier molecular flexibility index (Phi) is 4.87. The Labute approximate surface area is 94.4 Å². The zero-order chi connectivity index (χ0) is 12.0. The molecule has 0 aliphatic heterocycles. The predicted molar refractivity (Wildman–Crippen MR) is 58.2 cm³/mol. The molecule has 1 atom stereocenters. The van der Waals surface area contributed by atoms with Gasteiger partial charge in [-0.25, -0.2) is 13.1 Å². The Bertz CT molecular complexity index is 389. The Morgan fingerprint density at radius 1 is 1.69 bits per heavy atom. The number of H-pyrrole nitrogens is 1. The highest BCUT2D eigenvalue weighted by atomic mass is 32.2. The van der Waals surface area contributed by atoms with Gasteiger partial charge in [0.15, 0.2) is 5.03 Å². The third-order valence-corrected chi connectivity index (χ3v) is 3.34. The van der Waals surface area contributed by atoms with Gasteiger partial charge in [-0.05, 0) is 12.5 Å². The molecular formula is C8H16N4O3S. The fourth-order valence-electron chi connectivity index (χ4n) is 1.15. The zero-order valence-corrected chi connectivity index (χ0v) is 9.83. The van der Waals surface area contributed by atoms with E-state index in [0.717, 1.165) is 0 Å². The average molecular weight is 248 g/mol. The molecule has 0 saturated heterocycles. The van der Waals surface area contributed by atoms with E-state index in [9.17, 15) is 8.42 Å². The molecule has 4 N–H and O–H groups in total. The lowest BCUT2D eigenvalue weighted by Gasteiger charge is -2.10. The molecule has 92 valence electrons. The maximum absolute atomic E-state index is 11.6. The lowest BCUT2D eigenvalue weighted by atomic mass is 10.2. The van der Waals surface area contributed by atoms with Crippen LogP contribution in [0, 0.1) is 0 Å². The van der Waals surface area contributed by atoms with E-state index in [1.165, 1.54) is 12.3 Å². The Hall–Kier alpha value is -0.960. The number of aromatic nitrogens is 2. The van der Waals surface area contributed by atoms with Crippen molar-refractivity contribution in [2.75, 3.05) is 20.3 Å². The normalized spacial score (nSPS) is 13.9. The predicted octanol–water partition coefficient (Wildman–Crippen LogP) is -0.948. The Morgan fingerprint density at radius 2 is 2.44 bits per heavy atom. The van der Waals surface area contributed by atoms with Gasteiger partial charge in [0, 0.05) is 19.7 Å². The third kappa shape index (κ3) is 3.89. The number of aromatic amines is 1. The van der Waals surface area contributed by atoms with Crippen LogP contribution < -0.4 is 10.5 Å². The number of methoxy groups -OCH3 is 1. The van der Waals surface area contributed by atoms with Crippen LogP contribution in [0.4, 0.5) is 0 Å². The largest absolute Gasteiger partial charge is 0.383 e. The zero-order valence-electron chi connectivity index (χ0n) is 9.01. The molecule has 0 radical (unpaired) electrons. The van der Waals surface area contributed by atoms with Gasteiger partial charge in [0.05, 0.1) is 12.8 Å². The van der Waals surface area contributed by atoms with Gasteiger partial charge in [0.2, 0.25) is 0 Å². The van der Waals surface area contributed by atoms with Crippen LogP contribution >= 0.6 is 0 Å². The van der Waals surface area contributed by atoms with Crippen LogP contribution in [0.5, 0.6) is 0 Å². The molecule has 16 heavy (non-hydrogen) atoms. The van der Waals surface area contributed by atoms with Crippen molar-refractivity contribution in [3.05, 3.63) is 12.3 Å². The Morgan fingerprint density at radius 3 is 3.00 bits per heavy atom. The molecule has 8 heteroatoms. The number of hydrogen-bond donors (Lipinski definition) is 3. The molecule has 7 nitrogen and oxygen atoms in total. The molecule has 1 aromatic heterocycles. The fraction of sp³-hybridized carbons (Fsp3) is 0.625. The van der Waals surface area contributed by atoms with Crippen LogP contribution in [-0.4, -0.2) is 44.9 Å². The molecule has 1 rings (SSSR count). The van der Waals surface area contributed by atoms with Gasteiger partial charge in [-0.3, -0.25) is 5.10 Å². The van der Waals surface area contributed by atoms with Gasteiger partial charge >= 0.3 is 0 Å². The number of ether oxygens (including phenoxy) is 1.